The number of hydrogen-bond acceptors (Lipinski definition) is 4. The number of thioether (sulfide) groups is 1. The van der Waals surface area contributed by atoms with E-state index in [4.69, 9.17) is 0 Å². The number of para-hydroxylation sites is 2. The van der Waals surface area contributed by atoms with Crippen molar-refractivity contribution in [1.82, 2.24) is 19.8 Å². The molecule has 0 spiro atoms. The van der Waals surface area contributed by atoms with Gasteiger partial charge in [-0.15, -0.1) is 0 Å². The van der Waals surface area contributed by atoms with Crippen molar-refractivity contribution in [2.24, 2.45) is 0 Å². The molecule has 6 nitrogen and oxygen atoms in total. The van der Waals surface area contributed by atoms with E-state index >= 15 is 0 Å². The van der Waals surface area contributed by atoms with Crippen LogP contribution in [0, 0.1) is 0 Å². The Kier molecular flexibility index (Phi) is 5.44. The fourth-order valence-corrected chi connectivity index (χ4v) is 5.17. The minimum atomic E-state index is -0.129. The van der Waals surface area contributed by atoms with Crippen LogP contribution in [0.4, 0.5) is 0 Å². The van der Waals surface area contributed by atoms with Crippen LogP contribution in [0.25, 0.3) is 11.0 Å². The first-order valence-electron chi connectivity index (χ1n) is 10.7. The molecule has 160 valence electrons. The molecule has 2 heterocycles. The van der Waals surface area contributed by atoms with Gasteiger partial charge in [0.25, 0.3) is 0 Å². The van der Waals surface area contributed by atoms with Gasteiger partial charge < -0.3 is 14.8 Å². The van der Waals surface area contributed by atoms with E-state index < -0.39 is 0 Å². The summed E-state index contributed by atoms with van der Waals surface area (Å²) in [6.07, 6.45) is 3.42. The zero-order chi connectivity index (χ0) is 21.4. The minimum Gasteiger partial charge on any atom is -0.350 e. The number of imidazole rings is 1. The highest BCUT2D eigenvalue weighted by Crippen LogP contribution is 2.45. The lowest BCUT2D eigenvalue weighted by Crippen LogP contribution is -2.39. The third-order valence-corrected chi connectivity index (χ3v) is 6.76. The zero-order valence-corrected chi connectivity index (χ0v) is 18.3. The Morgan fingerprint density at radius 1 is 1.16 bits per heavy atom. The standard InChI is InChI=1S/C24H26N4O2S/c1-31-15-22-26-19-9-5-6-10-20(19)27(22)14-23(29)25-17-11-24(30)28(13-17)21-12-18(21)16-7-3-2-4-8-16/h2-10,17-18,21H,11-15H2,1H3,(H,25,29)/t17-,18-,21-/m1/s1. The summed E-state index contributed by atoms with van der Waals surface area (Å²) in [5, 5.41) is 3.09. The van der Waals surface area contributed by atoms with Crippen molar-refractivity contribution in [3.05, 3.63) is 66.0 Å². The van der Waals surface area contributed by atoms with Crippen LogP contribution in [0.2, 0.25) is 0 Å². The molecular formula is C24H26N4O2S. The molecule has 0 radical (unpaired) electrons. The Morgan fingerprint density at radius 3 is 2.74 bits per heavy atom. The molecule has 2 amide bonds. The SMILES string of the molecule is CSCc1nc2ccccc2n1CC(=O)N[C@@H]1CC(=O)N([C@@H]2C[C@@H]2c2ccccc2)C1. The summed E-state index contributed by atoms with van der Waals surface area (Å²) in [5.41, 5.74) is 3.16. The first kappa shape index (κ1) is 20.1. The predicted molar refractivity (Wildman–Crippen MR) is 123 cm³/mol. The molecule has 0 bridgehead atoms. The van der Waals surface area contributed by atoms with Gasteiger partial charge in [-0.2, -0.15) is 11.8 Å². The topological polar surface area (TPSA) is 67.2 Å². The number of nitrogens with one attached hydrogen (secondary N) is 1. The number of aromatic nitrogens is 2. The highest BCUT2D eigenvalue weighted by atomic mass is 32.2. The molecule has 2 fully saturated rings. The van der Waals surface area contributed by atoms with Crippen LogP contribution in [-0.4, -0.2) is 51.1 Å². The maximum absolute atomic E-state index is 12.9. The molecular weight excluding hydrogens is 408 g/mol. The van der Waals surface area contributed by atoms with Crippen LogP contribution >= 0.6 is 11.8 Å². The van der Waals surface area contributed by atoms with E-state index in [-0.39, 0.29) is 30.4 Å². The van der Waals surface area contributed by atoms with Crippen LogP contribution in [-0.2, 0) is 21.9 Å². The van der Waals surface area contributed by atoms with Crippen molar-refractivity contribution in [1.29, 1.82) is 0 Å². The van der Waals surface area contributed by atoms with Crippen molar-refractivity contribution < 1.29 is 9.59 Å². The molecule has 1 aliphatic heterocycles. The number of fused-ring (bicyclic) bond motifs is 1. The molecule has 0 unspecified atom stereocenters. The summed E-state index contributed by atoms with van der Waals surface area (Å²) in [7, 11) is 0. The largest absolute Gasteiger partial charge is 0.350 e. The quantitative estimate of drug-likeness (QED) is 0.620. The van der Waals surface area contributed by atoms with E-state index in [0.29, 0.717) is 18.9 Å². The van der Waals surface area contributed by atoms with Gasteiger partial charge in [0.1, 0.15) is 12.4 Å². The average Bonchev–Trinajstić information content (AvgIpc) is 3.39. The van der Waals surface area contributed by atoms with Crippen molar-refractivity contribution in [2.45, 2.75) is 43.1 Å². The zero-order valence-electron chi connectivity index (χ0n) is 17.5. The Labute approximate surface area is 186 Å². The molecule has 2 aliphatic rings. The molecule has 1 N–H and O–H groups in total. The smallest absolute Gasteiger partial charge is 0.240 e. The highest BCUT2D eigenvalue weighted by molar-refractivity contribution is 7.97. The first-order valence-corrected chi connectivity index (χ1v) is 12.1. The van der Waals surface area contributed by atoms with Crippen molar-refractivity contribution in [2.75, 3.05) is 12.8 Å². The average molecular weight is 435 g/mol. The van der Waals surface area contributed by atoms with Gasteiger partial charge >= 0.3 is 0 Å². The summed E-state index contributed by atoms with van der Waals surface area (Å²) < 4.78 is 1.99. The lowest BCUT2D eigenvalue weighted by Gasteiger charge is -2.18. The number of benzene rings is 2. The molecule has 1 saturated carbocycles. The van der Waals surface area contributed by atoms with Gasteiger partial charge in [-0.3, -0.25) is 9.59 Å². The summed E-state index contributed by atoms with van der Waals surface area (Å²) in [6, 6.07) is 18.4. The first-order chi connectivity index (χ1) is 15.1. The van der Waals surface area contributed by atoms with Gasteiger partial charge in [-0.1, -0.05) is 42.5 Å². The molecule has 5 rings (SSSR count). The maximum Gasteiger partial charge on any atom is 0.240 e. The molecule has 3 atom stereocenters. The van der Waals surface area contributed by atoms with Crippen LogP contribution in [0.15, 0.2) is 54.6 Å². The Hall–Kier alpha value is -2.80. The fourth-order valence-electron chi connectivity index (χ4n) is 4.69. The van der Waals surface area contributed by atoms with Gasteiger partial charge in [0.15, 0.2) is 0 Å². The maximum atomic E-state index is 12.9. The number of amides is 2. The van der Waals surface area contributed by atoms with Gasteiger partial charge in [0.2, 0.25) is 11.8 Å². The van der Waals surface area contributed by atoms with E-state index in [1.807, 2.05) is 58.2 Å². The Balaban J connectivity index is 1.23. The van der Waals surface area contributed by atoms with Crippen LogP contribution in [0.5, 0.6) is 0 Å². The van der Waals surface area contributed by atoms with Crippen molar-refractivity contribution >= 4 is 34.6 Å². The van der Waals surface area contributed by atoms with Crippen molar-refractivity contribution in [3.8, 4) is 0 Å². The second kappa shape index (κ2) is 8.38. The van der Waals surface area contributed by atoms with Gasteiger partial charge in [0, 0.05) is 24.9 Å². The number of hydrogen-bond donors (Lipinski definition) is 1. The Morgan fingerprint density at radius 2 is 1.94 bits per heavy atom. The molecule has 1 aromatic heterocycles. The van der Waals surface area contributed by atoms with Gasteiger partial charge in [-0.25, -0.2) is 4.98 Å². The van der Waals surface area contributed by atoms with E-state index in [9.17, 15) is 9.59 Å². The van der Waals surface area contributed by atoms with E-state index in [2.05, 4.69) is 22.4 Å². The normalized spacial score (nSPS) is 22.8. The predicted octanol–water partition coefficient (Wildman–Crippen LogP) is 3.17. The molecule has 2 aromatic carbocycles. The third kappa shape index (κ3) is 4.06. The van der Waals surface area contributed by atoms with Gasteiger partial charge in [-0.05, 0) is 30.4 Å². The minimum absolute atomic E-state index is 0.0689. The number of rotatable bonds is 7. The van der Waals surface area contributed by atoms with E-state index in [1.165, 1.54) is 5.56 Å². The lowest BCUT2D eigenvalue weighted by atomic mass is 10.1. The van der Waals surface area contributed by atoms with Crippen LogP contribution in [0.3, 0.4) is 0 Å². The highest BCUT2D eigenvalue weighted by Gasteiger charge is 2.47. The second-order valence-electron chi connectivity index (χ2n) is 8.37. The number of carbonyl (C=O) groups is 2. The summed E-state index contributed by atoms with van der Waals surface area (Å²) in [5.74, 6) is 2.15. The monoisotopic (exact) mass is 434 g/mol. The second-order valence-corrected chi connectivity index (χ2v) is 9.24. The summed E-state index contributed by atoms with van der Waals surface area (Å²) >= 11 is 1.69. The molecule has 7 heteroatoms. The molecule has 3 aromatic rings. The van der Waals surface area contributed by atoms with Crippen LogP contribution < -0.4 is 5.32 Å². The number of likely N-dealkylation sites (tertiary alicyclic amines) is 1. The Bertz CT molecular complexity index is 1110. The number of nitrogens with zero attached hydrogens (tertiary/aromatic N) is 3. The van der Waals surface area contributed by atoms with Crippen molar-refractivity contribution in [3.63, 3.8) is 0 Å². The van der Waals surface area contributed by atoms with E-state index in [0.717, 1.165) is 29.0 Å². The number of carbonyl (C=O) groups excluding carboxylic acids is 2. The van der Waals surface area contributed by atoms with E-state index in [1.54, 1.807) is 11.8 Å². The summed E-state index contributed by atoms with van der Waals surface area (Å²) in [4.78, 5) is 32.1. The summed E-state index contributed by atoms with van der Waals surface area (Å²) in [6.45, 7) is 0.818. The van der Waals surface area contributed by atoms with Crippen LogP contribution in [0.1, 0.15) is 30.1 Å². The molecule has 1 aliphatic carbocycles. The molecule has 1 saturated heterocycles. The van der Waals surface area contributed by atoms with Gasteiger partial charge in [0.05, 0.1) is 22.8 Å². The lowest BCUT2D eigenvalue weighted by molar-refractivity contribution is -0.128. The molecule has 31 heavy (non-hydrogen) atoms. The fraction of sp³-hybridized carbons (Fsp3) is 0.375. The third-order valence-electron chi connectivity index (χ3n) is 6.22.